The van der Waals surface area contributed by atoms with Crippen molar-refractivity contribution in [1.29, 1.82) is 0 Å². The summed E-state index contributed by atoms with van der Waals surface area (Å²) in [6, 6.07) is 7.72. The smallest absolute Gasteiger partial charge is 0.227 e. The van der Waals surface area contributed by atoms with Gasteiger partial charge in [-0.2, -0.15) is 5.10 Å². The van der Waals surface area contributed by atoms with Crippen LogP contribution in [0.3, 0.4) is 0 Å². The molecule has 0 saturated carbocycles. The summed E-state index contributed by atoms with van der Waals surface area (Å²) >= 11 is 0. The molecular weight excluding hydrogens is 349 g/mol. The van der Waals surface area contributed by atoms with Crippen LogP contribution in [0, 0.1) is 18.7 Å². The Kier molecular flexibility index (Phi) is 4.39. The lowest BCUT2D eigenvalue weighted by Crippen LogP contribution is -2.34. The fraction of sp³-hybridized carbons (Fsp3) is 0.316. The molecule has 8 heteroatoms. The van der Waals surface area contributed by atoms with Crippen molar-refractivity contribution in [3.63, 3.8) is 0 Å². The van der Waals surface area contributed by atoms with E-state index in [1.54, 1.807) is 16.6 Å². The van der Waals surface area contributed by atoms with Crippen LogP contribution < -0.4 is 10.2 Å². The molecule has 1 aliphatic rings. The highest BCUT2D eigenvalue weighted by Gasteiger charge is 2.34. The lowest BCUT2D eigenvalue weighted by Gasteiger charge is -2.16. The third kappa shape index (κ3) is 3.42. The number of anilines is 1. The van der Waals surface area contributed by atoms with Crippen molar-refractivity contribution >= 4 is 23.1 Å². The zero-order chi connectivity index (χ0) is 19.0. The number of aryl methyl sites for hydroxylation is 1. The molecule has 0 radical (unpaired) electrons. The van der Waals surface area contributed by atoms with E-state index < -0.39 is 5.92 Å². The van der Waals surface area contributed by atoms with E-state index in [4.69, 9.17) is 0 Å². The van der Waals surface area contributed by atoms with Crippen LogP contribution in [-0.2, 0) is 16.1 Å². The van der Waals surface area contributed by atoms with E-state index >= 15 is 0 Å². The molecule has 4 rings (SSSR count). The summed E-state index contributed by atoms with van der Waals surface area (Å²) in [6.07, 6.45) is 3.96. The Morgan fingerprint density at radius 1 is 1.30 bits per heavy atom. The molecule has 1 fully saturated rings. The second kappa shape index (κ2) is 6.86. The first-order chi connectivity index (χ1) is 13.0. The number of aromatic nitrogens is 3. The maximum Gasteiger partial charge on any atom is 0.227 e. The number of rotatable bonds is 5. The molecule has 0 spiro atoms. The number of hydrogen-bond donors (Lipinski definition) is 1. The maximum atomic E-state index is 13.1. The number of nitrogens with zero attached hydrogens (tertiary/aromatic N) is 4. The van der Waals surface area contributed by atoms with Crippen LogP contribution in [-0.4, -0.2) is 39.1 Å². The molecule has 2 aromatic heterocycles. The molecule has 3 aromatic rings. The van der Waals surface area contributed by atoms with Crippen molar-refractivity contribution in [2.75, 3.05) is 18.0 Å². The summed E-state index contributed by atoms with van der Waals surface area (Å²) < 4.78 is 16.9. The summed E-state index contributed by atoms with van der Waals surface area (Å²) in [7, 11) is 0. The second-order valence-corrected chi connectivity index (χ2v) is 6.75. The predicted octanol–water partition coefficient (Wildman–Crippen LogP) is 1.75. The Bertz CT molecular complexity index is 991. The first kappa shape index (κ1) is 17.3. The number of nitrogens with one attached hydrogen (secondary N) is 1. The Morgan fingerprint density at radius 2 is 2.07 bits per heavy atom. The van der Waals surface area contributed by atoms with E-state index in [1.807, 2.05) is 30.0 Å². The molecule has 7 nitrogen and oxygen atoms in total. The minimum atomic E-state index is -0.399. The van der Waals surface area contributed by atoms with E-state index in [9.17, 15) is 14.0 Å². The second-order valence-electron chi connectivity index (χ2n) is 6.75. The monoisotopic (exact) mass is 369 g/mol. The van der Waals surface area contributed by atoms with Crippen LogP contribution in [0.25, 0.3) is 5.65 Å². The minimum Gasteiger partial charge on any atom is -0.354 e. The fourth-order valence-electron chi connectivity index (χ4n) is 3.43. The van der Waals surface area contributed by atoms with Crippen LogP contribution in [0.5, 0.6) is 0 Å². The quantitative estimate of drug-likeness (QED) is 0.745. The van der Waals surface area contributed by atoms with E-state index in [-0.39, 0.29) is 24.1 Å². The van der Waals surface area contributed by atoms with Crippen LogP contribution in [0.2, 0.25) is 0 Å². The van der Waals surface area contributed by atoms with Crippen molar-refractivity contribution in [3.8, 4) is 0 Å². The van der Waals surface area contributed by atoms with Gasteiger partial charge in [0.05, 0.1) is 11.6 Å². The summed E-state index contributed by atoms with van der Waals surface area (Å²) in [5.41, 5.74) is 2.52. The van der Waals surface area contributed by atoms with E-state index in [0.717, 1.165) is 11.3 Å². The van der Waals surface area contributed by atoms with E-state index in [2.05, 4.69) is 10.4 Å². The third-order valence-corrected chi connectivity index (χ3v) is 4.81. The molecule has 1 N–H and O–H groups in total. The van der Waals surface area contributed by atoms with Gasteiger partial charge in [-0.1, -0.05) is 0 Å². The van der Waals surface area contributed by atoms with Crippen LogP contribution >= 0.6 is 0 Å². The molecule has 0 unspecified atom stereocenters. The molecule has 1 saturated heterocycles. The van der Waals surface area contributed by atoms with Gasteiger partial charge < -0.3 is 14.8 Å². The SMILES string of the molecule is Cc1cc2n(CCNC(=O)[C@H]3CC(=O)N(c4ccc(F)cc4)C3)ccn2n1. The largest absolute Gasteiger partial charge is 0.354 e. The summed E-state index contributed by atoms with van der Waals surface area (Å²) in [5.74, 6) is -1.01. The highest BCUT2D eigenvalue weighted by molar-refractivity contribution is 6.00. The lowest BCUT2D eigenvalue weighted by atomic mass is 10.1. The predicted molar refractivity (Wildman–Crippen MR) is 97.8 cm³/mol. The van der Waals surface area contributed by atoms with Crippen molar-refractivity contribution in [2.24, 2.45) is 5.92 Å². The average molecular weight is 369 g/mol. The molecular formula is C19H20FN5O2. The van der Waals surface area contributed by atoms with Crippen molar-refractivity contribution in [1.82, 2.24) is 19.5 Å². The van der Waals surface area contributed by atoms with Crippen molar-refractivity contribution in [2.45, 2.75) is 19.9 Å². The molecule has 140 valence electrons. The van der Waals surface area contributed by atoms with Crippen molar-refractivity contribution < 1.29 is 14.0 Å². The first-order valence-corrected chi connectivity index (χ1v) is 8.86. The lowest BCUT2D eigenvalue weighted by molar-refractivity contribution is -0.126. The van der Waals surface area contributed by atoms with Gasteiger partial charge in [0.15, 0.2) is 0 Å². The van der Waals surface area contributed by atoms with Gasteiger partial charge in [0.2, 0.25) is 11.8 Å². The number of benzene rings is 1. The zero-order valence-corrected chi connectivity index (χ0v) is 14.9. The average Bonchev–Trinajstić information content (AvgIpc) is 3.30. The van der Waals surface area contributed by atoms with E-state index in [1.165, 1.54) is 17.0 Å². The van der Waals surface area contributed by atoms with Crippen LogP contribution in [0.1, 0.15) is 12.1 Å². The third-order valence-electron chi connectivity index (χ3n) is 4.81. The number of hydrogen-bond acceptors (Lipinski definition) is 3. The molecule has 2 amide bonds. The fourth-order valence-corrected chi connectivity index (χ4v) is 3.43. The maximum absolute atomic E-state index is 13.1. The van der Waals surface area contributed by atoms with Gasteiger partial charge in [-0.25, -0.2) is 8.91 Å². The van der Waals surface area contributed by atoms with Crippen LogP contribution in [0.15, 0.2) is 42.7 Å². The Hall–Kier alpha value is -3.16. The normalized spacial score (nSPS) is 17.0. The highest BCUT2D eigenvalue weighted by atomic mass is 19.1. The highest BCUT2D eigenvalue weighted by Crippen LogP contribution is 2.25. The van der Waals surface area contributed by atoms with Gasteiger partial charge in [0.1, 0.15) is 11.5 Å². The molecule has 27 heavy (non-hydrogen) atoms. The number of carbonyl (C=O) groups excluding carboxylic acids is 2. The summed E-state index contributed by atoms with van der Waals surface area (Å²) in [4.78, 5) is 26.2. The number of halogens is 1. The molecule has 1 atom stereocenters. The summed E-state index contributed by atoms with van der Waals surface area (Å²) in [5, 5.41) is 7.24. The van der Waals surface area contributed by atoms with Crippen molar-refractivity contribution in [3.05, 3.63) is 54.2 Å². The summed E-state index contributed by atoms with van der Waals surface area (Å²) in [6.45, 7) is 3.33. The van der Waals surface area contributed by atoms with Gasteiger partial charge >= 0.3 is 0 Å². The van der Waals surface area contributed by atoms with Gasteiger partial charge in [-0.3, -0.25) is 9.59 Å². The zero-order valence-electron chi connectivity index (χ0n) is 14.9. The molecule has 0 bridgehead atoms. The number of carbonyl (C=O) groups is 2. The van der Waals surface area contributed by atoms with Gasteiger partial charge in [-0.15, -0.1) is 0 Å². The molecule has 3 heterocycles. The molecule has 0 aliphatic carbocycles. The number of fused-ring (bicyclic) bond motifs is 1. The van der Waals surface area contributed by atoms with Crippen LogP contribution in [0.4, 0.5) is 10.1 Å². The van der Waals surface area contributed by atoms with Gasteiger partial charge in [0.25, 0.3) is 0 Å². The first-order valence-electron chi connectivity index (χ1n) is 8.86. The van der Waals surface area contributed by atoms with E-state index in [0.29, 0.717) is 25.3 Å². The molecule has 1 aromatic carbocycles. The minimum absolute atomic E-state index is 0.122. The Balaban J connectivity index is 1.33. The Labute approximate surface area is 155 Å². The topological polar surface area (TPSA) is 71.6 Å². The van der Waals surface area contributed by atoms with Gasteiger partial charge in [-0.05, 0) is 31.2 Å². The number of imidazole rings is 1. The standard InChI is InChI=1S/C19H20FN5O2/c1-13-10-17-23(8-9-25(17)22-13)7-6-21-19(27)14-11-18(26)24(12-14)16-4-2-15(20)3-5-16/h2-5,8-10,14H,6-7,11-12H2,1H3,(H,21,27)/t14-/m0/s1. The Morgan fingerprint density at radius 3 is 2.85 bits per heavy atom. The molecule has 1 aliphatic heterocycles. The van der Waals surface area contributed by atoms with Gasteiger partial charge in [0, 0.05) is 50.2 Å². The number of amides is 2.